The van der Waals surface area contributed by atoms with Crippen LogP contribution in [0.2, 0.25) is 0 Å². The summed E-state index contributed by atoms with van der Waals surface area (Å²) >= 11 is 0. The van der Waals surface area contributed by atoms with Crippen molar-refractivity contribution in [2.75, 3.05) is 0 Å². The Morgan fingerprint density at radius 3 is 2.07 bits per heavy atom. The van der Waals surface area contributed by atoms with Gasteiger partial charge < -0.3 is 4.74 Å². The summed E-state index contributed by atoms with van der Waals surface area (Å²) in [4.78, 5) is 11.3. The number of esters is 1. The van der Waals surface area contributed by atoms with Gasteiger partial charge in [-0.3, -0.25) is 4.79 Å². The van der Waals surface area contributed by atoms with Gasteiger partial charge in [0.1, 0.15) is 11.0 Å². The largest absolute Gasteiger partial charge is 0.453 e. The van der Waals surface area contributed by atoms with E-state index >= 15 is 0 Å². The molecule has 0 aliphatic carbocycles. The topological polar surface area (TPSA) is 26.3 Å². The first-order valence-corrected chi connectivity index (χ1v) is 4.77. The Bertz CT molecular complexity index is 367. The van der Waals surface area contributed by atoms with Crippen LogP contribution in [0.1, 0.15) is 26.3 Å². The number of ether oxygens (including phenoxy) is 1. The van der Waals surface area contributed by atoms with E-state index in [0.717, 1.165) is 5.56 Å². The van der Waals surface area contributed by atoms with E-state index < -0.39 is 11.0 Å². The predicted octanol–water partition coefficient (Wildman–Crippen LogP) is 2.48. The lowest BCUT2D eigenvalue weighted by molar-refractivity contribution is -0.235. The van der Waals surface area contributed by atoms with Gasteiger partial charge in [-0.25, -0.2) is 0 Å². The molecular weight excluding hydrogens is 176 g/mol. The Morgan fingerprint density at radius 1 is 1.07 bits per heavy atom. The third kappa shape index (κ3) is 0.939. The van der Waals surface area contributed by atoms with Crippen molar-refractivity contribution in [2.45, 2.75) is 26.4 Å². The van der Waals surface area contributed by atoms with E-state index in [4.69, 9.17) is 4.74 Å². The van der Waals surface area contributed by atoms with Crippen molar-refractivity contribution in [3.8, 4) is 0 Å². The van der Waals surface area contributed by atoms with Gasteiger partial charge in [0.15, 0.2) is 0 Å². The first-order valence-electron chi connectivity index (χ1n) is 4.77. The van der Waals surface area contributed by atoms with Crippen molar-refractivity contribution in [1.29, 1.82) is 0 Å². The second-order valence-corrected chi connectivity index (χ2v) is 4.41. The Kier molecular flexibility index (Phi) is 1.71. The van der Waals surface area contributed by atoms with Gasteiger partial charge in [-0.15, -0.1) is 0 Å². The summed E-state index contributed by atoms with van der Waals surface area (Å²) in [6, 6.07) is 9.87. The second kappa shape index (κ2) is 2.59. The number of carbonyl (C=O) groups is 1. The lowest BCUT2D eigenvalue weighted by Crippen LogP contribution is -2.59. The molecule has 1 aliphatic rings. The molecule has 0 aromatic heterocycles. The highest BCUT2D eigenvalue weighted by molar-refractivity contribution is 5.84. The summed E-state index contributed by atoms with van der Waals surface area (Å²) in [5.74, 6) is -0.121. The van der Waals surface area contributed by atoms with Crippen molar-refractivity contribution in [3.05, 3.63) is 35.9 Å². The minimum atomic E-state index is -0.467. The standard InChI is InChI=1S/C12H14O2/c1-11(2)10(13)14-12(11,3)9-7-5-4-6-8-9/h4-8H,1-3H3. The second-order valence-electron chi connectivity index (χ2n) is 4.41. The molecule has 2 rings (SSSR count). The van der Waals surface area contributed by atoms with E-state index in [1.807, 2.05) is 51.1 Å². The number of hydrogen-bond acceptors (Lipinski definition) is 2. The lowest BCUT2D eigenvalue weighted by atomic mass is 9.67. The maximum Gasteiger partial charge on any atom is 0.316 e. The third-order valence-corrected chi connectivity index (χ3v) is 3.32. The number of cyclic esters (lactones) is 1. The molecule has 1 saturated heterocycles. The Hall–Kier alpha value is -1.31. The van der Waals surface area contributed by atoms with Gasteiger partial charge in [-0.2, -0.15) is 0 Å². The van der Waals surface area contributed by atoms with Crippen molar-refractivity contribution in [1.82, 2.24) is 0 Å². The van der Waals surface area contributed by atoms with Crippen LogP contribution in [0.3, 0.4) is 0 Å². The first kappa shape index (κ1) is 9.25. The third-order valence-electron chi connectivity index (χ3n) is 3.32. The molecule has 1 unspecified atom stereocenters. The molecule has 0 amide bonds. The molecular formula is C12H14O2. The van der Waals surface area contributed by atoms with Gasteiger partial charge in [-0.1, -0.05) is 30.3 Å². The van der Waals surface area contributed by atoms with Crippen LogP contribution in [-0.4, -0.2) is 5.97 Å². The molecule has 1 fully saturated rings. The number of benzene rings is 1. The molecule has 1 aliphatic heterocycles. The molecule has 0 N–H and O–H groups in total. The Morgan fingerprint density at radius 2 is 1.64 bits per heavy atom. The predicted molar refractivity (Wildman–Crippen MR) is 53.7 cm³/mol. The van der Waals surface area contributed by atoms with Gasteiger partial charge in [0, 0.05) is 0 Å². The molecule has 0 saturated carbocycles. The molecule has 1 aromatic rings. The SMILES string of the molecule is CC1(C)C(=O)OC1(C)c1ccccc1. The molecule has 1 aromatic carbocycles. The van der Waals surface area contributed by atoms with Crippen LogP contribution in [-0.2, 0) is 15.1 Å². The van der Waals surface area contributed by atoms with Gasteiger partial charge in [-0.05, 0) is 26.3 Å². The van der Waals surface area contributed by atoms with Gasteiger partial charge >= 0.3 is 5.97 Å². The normalized spacial score (nSPS) is 29.2. The molecule has 0 spiro atoms. The molecule has 74 valence electrons. The lowest BCUT2D eigenvalue weighted by Gasteiger charge is -2.51. The van der Waals surface area contributed by atoms with Crippen LogP contribution in [0.5, 0.6) is 0 Å². The van der Waals surface area contributed by atoms with E-state index in [2.05, 4.69) is 0 Å². The Balaban J connectivity index is 2.42. The zero-order chi connectivity index (χ0) is 10.4. The minimum absolute atomic E-state index is 0.121. The summed E-state index contributed by atoms with van der Waals surface area (Å²) in [6.45, 7) is 5.81. The summed E-state index contributed by atoms with van der Waals surface area (Å²) < 4.78 is 5.29. The highest BCUT2D eigenvalue weighted by atomic mass is 16.6. The van der Waals surface area contributed by atoms with E-state index in [9.17, 15) is 4.79 Å². The van der Waals surface area contributed by atoms with Crippen LogP contribution < -0.4 is 0 Å². The smallest absolute Gasteiger partial charge is 0.316 e. The molecule has 1 heterocycles. The number of hydrogen-bond donors (Lipinski definition) is 0. The minimum Gasteiger partial charge on any atom is -0.453 e. The average molecular weight is 190 g/mol. The van der Waals surface area contributed by atoms with Gasteiger partial charge in [0.25, 0.3) is 0 Å². The molecule has 0 radical (unpaired) electrons. The number of carbonyl (C=O) groups excluding carboxylic acids is 1. The fraction of sp³-hybridized carbons (Fsp3) is 0.417. The van der Waals surface area contributed by atoms with E-state index in [1.54, 1.807) is 0 Å². The van der Waals surface area contributed by atoms with Crippen molar-refractivity contribution >= 4 is 5.97 Å². The Labute approximate surface area is 83.9 Å². The van der Waals surface area contributed by atoms with E-state index in [-0.39, 0.29) is 5.97 Å². The fourth-order valence-corrected chi connectivity index (χ4v) is 1.76. The molecule has 0 bridgehead atoms. The van der Waals surface area contributed by atoms with Crippen LogP contribution >= 0.6 is 0 Å². The van der Waals surface area contributed by atoms with Crippen LogP contribution in [0.4, 0.5) is 0 Å². The zero-order valence-electron chi connectivity index (χ0n) is 8.70. The van der Waals surface area contributed by atoms with E-state index in [1.165, 1.54) is 0 Å². The first-order chi connectivity index (χ1) is 6.48. The van der Waals surface area contributed by atoms with Crippen LogP contribution in [0, 0.1) is 5.41 Å². The summed E-state index contributed by atoms with van der Waals surface area (Å²) in [5.41, 5.74) is 0.171. The average Bonchev–Trinajstić information content (AvgIpc) is 2.19. The monoisotopic (exact) mass is 190 g/mol. The quantitative estimate of drug-likeness (QED) is 0.636. The van der Waals surface area contributed by atoms with Crippen LogP contribution in [0.25, 0.3) is 0 Å². The zero-order valence-corrected chi connectivity index (χ0v) is 8.70. The summed E-state index contributed by atoms with van der Waals surface area (Å²) in [6.07, 6.45) is 0. The van der Waals surface area contributed by atoms with Gasteiger partial charge in [0.05, 0.1) is 0 Å². The van der Waals surface area contributed by atoms with Crippen molar-refractivity contribution < 1.29 is 9.53 Å². The van der Waals surface area contributed by atoms with Crippen molar-refractivity contribution in [2.24, 2.45) is 5.41 Å². The molecule has 2 heteroatoms. The fourth-order valence-electron chi connectivity index (χ4n) is 1.76. The molecule has 2 nitrogen and oxygen atoms in total. The van der Waals surface area contributed by atoms with Gasteiger partial charge in [0.2, 0.25) is 0 Å². The highest BCUT2D eigenvalue weighted by Crippen LogP contribution is 2.52. The summed E-state index contributed by atoms with van der Waals surface area (Å²) in [7, 11) is 0. The maximum absolute atomic E-state index is 11.3. The number of rotatable bonds is 1. The van der Waals surface area contributed by atoms with Crippen molar-refractivity contribution in [3.63, 3.8) is 0 Å². The maximum atomic E-state index is 11.3. The molecule has 14 heavy (non-hydrogen) atoms. The summed E-state index contributed by atoms with van der Waals surface area (Å²) in [5, 5.41) is 0. The van der Waals surface area contributed by atoms with E-state index in [0.29, 0.717) is 0 Å². The molecule has 1 atom stereocenters. The highest BCUT2D eigenvalue weighted by Gasteiger charge is 2.61. The van der Waals surface area contributed by atoms with Crippen LogP contribution in [0.15, 0.2) is 30.3 Å².